The van der Waals surface area contributed by atoms with Gasteiger partial charge in [0.05, 0.1) is 17.1 Å². The molecule has 2 aromatic carbocycles. The Morgan fingerprint density at radius 2 is 1.64 bits per heavy atom. The number of carbonyl (C=O) groups excluding carboxylic acids is 1. The third-order valence-corrected chi connectivity index (χ3v) is 4.26. The highest BCUT2D eigenvalue weighted by atomic mass is 19.1. The highest BCUT2D eigenvalue weighted by Gasteiger charge is 2.14. The molecule has 6 heteroatoms. The van der Waals surface area contributed by atoms with E-state index in [1.807, 2.05) is 30.3 Å². The van der Waals surface area contributed by atoms with Gasteiger partial charge in [0.1, 0.15) is 0 Å². The third kappa shape index (κ3) is 5.13. The Morgan fingerprint density at radius 3 is 2.32 bits per heavy atom. The Balaban J connectivity index is 1.61. The molecule has 0 saturated carbocycles. The van der Waals surface area contributed by atoms with Crippen molar-refractivity contribution in [2.45, 2.75) is 33.1 Å². The molecular formula is C22H22FN3O2. The van der Waals surface area contributed by atoms with Crippen LogP contribution in [0.15, 0.2) is 54.6 Å². The molecule has 28 heavy (non-hydrogen) atoms. The van der Waals surface area contributed by atoms with Crippen LogP contribution in [0.25, 0.3) is 0 Å². The molecule has 3 rings (SSSR count). The predicted octanol–water partition coefficient (Wildman–Crippen LogP) is 4.99. The molecule has 1 heterocycles. The molecule has 0 unspecified atom stereocenters. The molecule has 0 radical (unpaired) electrons. The first-order valence-electron chi connectivity index (χ1n) is 9.14. The van der Waals surface area contributed by atoms with Gasteiger partial charge in [-0.1, -0.05) is 42.5 Å². The average Bonchev–Trinajstić information content (AvgIpc) is 2.67. The van der Waals surface area contributed by atoms with Crippen molar-refractivity contribution in [2.24, 2.45) is 0 Å². The van der Waals surface area contributed by atoms with Crippen LogP contribution in [-0.4, -0.2) is 15.9 Å². The molecule has 0 fully saturated rings. The quantitative estimate of drug-likeness (QED) is 0.628. The molecule has 0 saturated heterocycles. The number of halogens is 1. The highest BCUT2D eigenvalue weighted by molar-refractivity contribution is 5.91. The van der Waals surface area contributed by atoms with Crippen molar-refractivity contribution in [2.75, 3.05) is 5.32 Å². The Hall–Kier alpha value is -3.28. The van der Waals surface area contributed by atoms with E-state index >= 15 is 0 Å². The van der Waals surface area contributed by atoms with Crippen LogP contribution in [0.4, 0.5) is 10.1 Å². The van der Waals surface area contributed by atoms with Crippen molar-refractivity contribution in [3.8, 4) is 11.8 Å². The SMILES string of the molecule is Cc1nc(Oc2ccccc2F)nc(C)c1NC(=O)CCCc1ccccc1. The van der Waals surface area contributed by atoms with E-state index in [9.17, 15) is 9.18 Å². The minimum absolute atomic E-state index is 0.0437. The summed E-state index contributed by atoms with van der Waals surface area (Å²) in [6.45, 7) is 3.50. The van der Waals surface area contributed by atoms with Crippen LogP contribution in [0.1, 0.15) is 29.8 Å². The van der Waals surface area contributed by atoms with Crippen LogP contribution < -0.4 is 10.1 Å². The number of amides is 1. The van der Waals surface area contributed by atoms with Crippen LogP contribution in [-0.2, 0) is 11.2 Å². The molecule has 144 valence electrons. The molecule has 0 atom stereocenters. The lowest BCUT2D eigenvalue weighted by molar-refractivity contribution is -0.116. The Morgan fingerprint density at radius 1 is 1.00 bits per heavy atom. The lowest BCUT2D eigenvalue weighted by atomic mass is 10.1. The molecule has 1 N–H and O–H groups in total. The fraction of sp³-hybridized carbons (Fsp3) is 0.227. The summed E-state index contributed by atoms with van der Waals surface area (Å²) in [6, 6.07) is 16.2. The number of aromatic nitrogens is 2. The summed E-state index contributed by atoms with van der Waals surface area (Å²) in [7, 11) is 0. The van der Waals surface area contributed by atoms with Gasteiger partial charge in [0, 0.05) is 6.42 Å². The maximum atomic E-state index is 13.7. The second-order valence-electron chi connectivity index (χ2n) is 6.47. The maximum Gasteiger partial charge on any atom is 0.322 e. The molecular weight excluding hydrogens is 357 g/mol. The number of anilines is 1. The van der Waals surface area contributed by atoms with Crippen molar-refractivity contribution in [1.29, 1.82) is 0 Å². The Bertz CT molecular complexity index is 938. The van der Waals surface area contributed by atoms with Gasteiger partial charge in [-0.3, -0.25) is 4.79 Å². The lowest BCUT2D eigenvalue weighted by Gasteiger charge is -2.12. The zero-order valence-corrected chi connectivity index (χ0v) is 15.9. The van der Waals surface area contributed by atoms with Crippen LogP contribution >= 0.6 is 0 Å². The normalized spacial score (nSPS) is 10.5. The van der Waals surface area contributed by atoms with Crippen LogP contribution in [0.5, 0.6) is 11.8 Å². The van der Waals surface area contributed by atoms with Gasteiger partial charge in [0.15, 0.2) is 11.6 Å². The molecule has 0 aliphatic heterocycles. The minimum atomic E-state index is -0.489. The lowest BCUT2D eigenvalue weighted by Crippen LogP contribution is -2.15. The van der Waals surface area contributed by atoms with Gasteiger partial charge in [-0.25, -0.2) is 4.39 Å². The van der Waals surface area contributed by atoms with E-state index in [0.29, 0.717) is 23.5 Å². The van der Waals surface area contributed by atoms with E-state index in [0.717, 1.165) is 12.8 Å². The predicted molar refractivity (Wildman–Crippen MR) is 106 cm³/mol. The standard InChI is InChI=1S/C22H22FN3O2/c1-15-21(26-20(27)14-8-11-17-9-4-3-5-10-17)16(2)25-22(24-15)28-19-13-7-6-12-18(19)23/h3-7,9-10,12-13H,8,11,14H2,1-2H3,(H,26,27). The number of para-hydroxylation sites is 1. The first kappa shape index (κ1) is 19.5. The number of benzene rings is 2. The van der Waals surface area contributed by atoms with Crippen LogP contribution in [0.2, 0.25) is 0 Å². The van der Waals surface area contributed by atoms with Crippen molar-refractivity contribution in [3.63, 3.8) is 0 Å². The third-order valence-electron chi connectivity index (χ3n) is 4.26. The number of nitrogens with one attached hydrogen (secondary N) is 1. The van der Waals surface area contributed by atoms with E-state index < -0.39 is 5.82 Å². The summed E-state index contributed by atoms with van der Waals surface area (Å²) in [5.41, 5.74) is 2.90. The molecule has 0 aliphatic rings. The van der Waals surface area contributed by atoms with Crippen LogP contribution in [0, 0.1) is 19.7 Å². The van der Waals surface area contributed by atoms with Gasteiger partial charge in [0.2, 0.25) is 5.91 Å². The fourth-order valence-electron chi connectivity index (χ4n) is 2.84. The number of ether oxygens (including phenoxy) is 1. The largest absolute Gasteiger partial charge is 0.421 e. The number of hydrogen-bond donors (Lipinski definition) is 1. The van der Waals surface area contributed by atoms with Gasteiger partial charge in [-0.05, 0) is 44.4 Å². The van der Waals surface area contributed by atoms with E-state index in [-0.39, 0.29) is 17.7 Å². The van der Waals surface area contributed by atoms with Crippen molar-refractivity contribution in [3.05, 3.63) is 77.4 Å². The van der Waals surface area contributed by atoms with Gasteiger partial charge < -0.3 is 10.1 Å². The Labute approximate surface area is 163 Å². The Kier molecular flexibility index (Phi) is 6.32. The molecule has 1 aromatic heterocycles. The number of rotatable bonds is 7. The molecule has 0 spiro atoms. The average molecular weight is 379 g/mol. The molecule has 0 aliphatic carbocycles. The molecule has 3 aromatic rings. The van der Waals surface area contributed by atoms with Crippen LogP contribution in [0.3, 0.4) is 0 Å². The zero-order valence-electron chi connectivity index (χ0n) is 15.9. The number of aryl methyl sites for hydroxylation is 3. The molecule has 0 bridgehead atoms. The molecule has 1 amide bonds. The maximum absolute atomic E-state index is 13.7. The first-order valence-corrected chi connectivity index (χ1v) is 9.14. The van der Waals surface area contributed by atoms with Gasteiger partial charge in [-0.15, -0.1) is 0 Å². The van der Waals surface area contributed by atoms with E-state index in [1.54, 1.807) is 26.0 Å². The summed E-state index contributed by atoms with van der Waals surface area (Å²) in [6.07, 6.45) is 2.00. The van der Waals surface area contributed by atoms with E-state index in [2.05, 4.69) is 15.3 Å². The topological polar surface area (TPSA) is 64.1 Å². The van der Waals surface area contributed by atoms with Gasteiger partial charge in [0.25, 0.3) is 0 Å². The number of carbonyl (C=O) groups is 1. The van der Waals surface area contributed by atoms with Crippen molar-refractivity contribution in [1.82, 2.24) is 9.97 Å². The summed E-state index contributed by atoms with van der Waals surface area (Å²) in [5.74, 6) is -0.523. The van der Waals surface area contributed by atoms with Gasteiger partial charge in [-0.2, -0.15) is 9.97 Å². The summed E-state index contributed by atoms with van der Waals surface area (Å²) in [4.78, 5) is 20.8. The van der Waals surface area contributed by atoms with E-state index in [1.165, 1.54) is 17.7 Å². The van der Waals surface area contributed by atoms with E-state index in [4.69, 9.17) is 4.74 Å². The number of hydrogen-bond acceptors (Lipinski definition) is 4. The smallest absolute Gasteiger partial charge is 0.322 e. The number of nitrogens with zero attached hydrogens (tertiary/aromatic N) is 2. The minimum Gasteiger partial charge on any atom is -0.421 e. The van der Waals surface area contributed by atoms with Gasteiger partial charge >= 0.3 is 6.01 Å². The monoisotopic (exact) mass is 379 g/mol. The fourth-order valence-corrected chi connectivity index (χ4v) is 2.84. The summed E-state index contributed by atoms with van der Waals surface area (Å²) < 4.78 is 19.2. The highest BCUT2D eigenvalue weighted by Crippen LogP contribution is 2.25. The molecule has 5 nitrogen and oxygen atoms in total. The summed E-state index contributed by atoms with van der Waals surface area (Å²) in [5, 5.41) is 2.87. The second kappa shape index (κ2) is 9.08. The van der Waals surface area contributed by atoms with Crippen molar-refractivity contribution < 1.29 is 13.9 Å². The summed E-state index contributed by atoms with van der Waals surface area (Å²) >= 11 is 0. The zero-order chi connectivity index (χ0) is 19.9. The second-order valence-corrected chi connectivity index (χ2v) is 6.47. The van der Waals surface area contributed by atoms with Crippen molar-refractivity contribution >= 4 is 11.6 Å². The first-order chi connectivity index (χ1) is 13.5.